The van der Waals surface area contributed by atoms with E-state index in [-0.39, 0.29) is 11.9 Å². The lowest BCUT2D eigenvalue weighted by molar-refractivity contribution is -0.150. The third-order valence-electron chi connectivity index (χ3n) is 2.68. The molecule has 1 saturated carbocycles. The maximum atomic E-state index is 11.2. The van der Waals surface area contributed by atoms with Gasteiger partial charge in [0.15, 0.2) is 11.9 Å². The van der Waals surface area contributed by atoms with Crippen molar-refractivity contribution in [2.45, 2.75) is 25.6 Å². The molecular formula is C12H13ClO3. The van der Waals surface area contributed by atoms with E-state index in [4.69, 9.17) is 21.1 Å². The normalized spacial score (nSPS) is 24.1. The van der Waals surface area contributed by atoms with Crippen molar-refractivity contribution in [2.24, 2.45) is 0 Å². The number of halogens is 1. The molecule has 2 rings (SSSR count). The summed E-state index contributed by atoms with van der Waals surface area (Å²) in [4.78, 5) is 11.2. The first-order valence-corrected chi connectivity index (χ1v) is 5.48. The number of aryl methyl sites for hydroxylation is 1. The molecule has 1 aliphatic rings. The Morgan fingerprint density at radius 1 is 1.44 bits per heavy atom. The van der Waals surface area contributed by atoms with Crippen molar-refractivity contribution >= 4 is 17.4 Å². The monoisotopic (exact) mass is 240 g/mol. The zero-order valence-electron chi connectivity index (χ0n) is 9.20. The molecule has 0 amide bonds. The van der Waals surface area contributed by atoms with E-state index in [1.807, 2.05) is 19.1 Å². The van der Waals surface area contributed by atoms with Crippen LogP contribution >= 0.6 is 11.6 Å². The molecule has 1 aromatic carbocycles. The molecule has 0 heterocycles. The molecule has 0 N–H and O–H groups in total. The van der Waals surface area contributed by atoms with Gasteiger partial charge >= 0.3 is 0 Å². The predicted octanol–water partition coefficient (Wildman–Crippen LogP) is 2.38. The Labute approximate surface area is 99.3 Å². The van der Waals surface area contributed by atoms with Crippen LogP contribution in [0.1, 0.15) is 12.0 Å². The van der Waals surface area contributed by atoms with Crippen LogP contribution in [0, 0.1) is 6.92 Å². The average molecular weight is 241 g/mol. The average Bonchev–Trinajstić information content (AvgIpc) is 2.23. The van der Waals surface area contributed by atoms with Crippen molar-refractivity contribution in [3.63, 3.8) is 0 Å². The maximum absolute atomic E-state index is 11.2. The van der Waals surface area contributed by atoms with Gasteiger partial charge in [0.05, 0.1) is 5.02 Å². The number of carbonyl (C=O) groups is 1. The second kappa shape index (κ2) is 4.44. The van der Waals surface area contributed by atoms with E-state index in [0.717, 1.165) is 5.56 Å². The van der Waals surface area contributed by atoms with Gasteiger partial charge in [0.25, 0.3) is 0 Å². The molecule has 0 spiro atoms. The van der Waals surface area contributed by atoms with Gasteiger partial charge in [-0.2, -0.15) is 0 Å². The van der Waals surface area contributed by atoms with Crippen LogP contribution in [0.5, 0.6) is 5.75 Å². The fourth-order valence-corrected chi connectivity index (χ4v) is 1.88. The number of ether oxygens (including phenoxy) is 2. The largest absolute Gasteiger partial charge is 0.485 e. The van der Waals surface area contributed by atoms with E-state index < -0.39 is 6.10 Å². The number of ketones is 1. The van der Waals surface area contributed by atoms with Gasteiger partial charge in [-0.05, 0) is 24.6 Å². The lowest BCUT2D eigenvalue weighted by atomic mass is 9.90. The fraction of sp³-hybridized carbons (Fsp3) is 0.417. The summed E-state index contributed by atoms with van der Waals surface area (Å²) in [7, 11) is 1.51. The number of benzene rings is 1. The van der Waals surface area contributed by atoms with Gasteiger partial charge in [-0.15, -0.1) is 0 Å². The second-order valence-corrected chi connectivity index (χ2v) is 4.32. The SMILES string of the molecule is COC1C(=O)CC1Oc1cc(C)ccc1Cl. The Morgan fingerprint density at radius 3 is 2.81 bits per heavy atom. The molecule has 1 aromatic rings. The fourth-order valence-electron chi connectivity index (χ4n) is 1.72. The van der Waals surface area contributed by atoms with Crippen LogP contribution in [-0.2, 0) is 9.53 Å². The first-order valence-electron chi connectivity index (χ1n) is 5.10. The van der Waals surface area contributed by atoms with E-state index >= 15 is 0 Å². The number of Topliss-reactive ketones (excluding diaryl/α,β-unsaturated/α-hetero) is 1. The Kier molecular flexibility index (Phi) is 3.17. The number of rotatable bonds is 3. The Balaban J connectivity index is 2.10. The molecule has 0 bridgehead atoms. The molecule has 3 nitrogen and oxygen atoms in total. The Hall–Kier alpha value is -1.06. The van der Waals surface area contributed by atoms with Gasteiger partial charge in [0, 0.05) is 13.5 Å². The lowest BCUT2D eigenvalue weighted by Gasteiger charge is -2.33. The summed E-state index contributed by atoms with van der Waals surface area (Å²) in [5.41, 5.74) is 1.07. The highest BCUT2D eigenvalue weighted by atomic mass is 35.5. The summed E-state index contributed by atoms with van der Waals surface area (Å²) < 4.78 is 10.7. The predicted molar refractivity (Wildman–Crippen MR) is 61.0 cm³/mol. The van der Waals surface area contributed by atoms with Crippen molar-refractivity contribution in [3.05, 3.63) is 28.8 Å². The Bertz CT molecular complexity index is 417. The van der Waals surface area contributed by atoms with Gasteiger partial charge in [-0.25, -0.2) is 0 Å². The van der Waals surface area contributed by atoms with Crippen LogP contribution in [0.4, 0.5) is 0 Å². The standard InChI is InChI=1S/C12H13ClO3/c1-7-3-4-8(13)10(5-7)16-11-6-9(14)12(11)15-2/h3-5,11-12H,6H2,1-2H3. The summed E-state index contributed by atoms with van der Waals surface area (Å²) in [6.07, 6.45) is -0.267. The summed E-state index contributed by atoms with van der Waals surface area (Å²) >= 11 is 6.00. The molecule has 2 unspecified atom stereocenters. The minimum absolute atomic E-state index is 0.0799. The van der Waals surface area contributed by atoms with Crippen molar-refractivity contribution in [3.8, 4) is 5.75 Å². The minimum atomic E-state index is -0.448. The van der Waals surface area contributed by atoms with Crippen molar-refractivity contribution < 1.29 is 14.3 Å². The third-order valence-corrected chi connectivity index (χ3v) is 2.99. The molecule has 0 radical (unpaired) electrons. The van der Waals surface area contributed by atoms with E-state index in [1.54, 1.807) is 6.07 Å². The molecule has 1 fully saturated rings. The summed E-state index contributed by atoms with van der Waals surface area (Å²) in [6, 6.07) is 5.56. The zero-order chi connectivity index (χ0) is 11.7. The first-order chi connectivity index (χ1) is 7.61. The first kappa shape index (κ1) is 11.4. The molecule has 4 heteroatoms. The van der Waals surface area contributed by atoms with Gasteiger partial charge in [-0.1, -0.05) is 17.7 Å². The van der Waals surface area contributed by atoms with Crippen molar-refractivity contribution in [1.82, 2.24) is 0 Å². The summed E-state index contributed by atoms with van der Waals surface area (Å²) in [5.74, 6) is 0.692. The van der Waals surface area contributed by atoms with Crippen molar-refractivity contribution in [1.29, 1.82) is 0 Å². The van der Waals surface area contributed by atoms with E-state index in [2.05, 4.69) is 0 Å². The summed E-state index contributed by atoms with van der Waals surface area (Å²) in [5, 5.41) is 0.555. The van der Waals surface area contributed by atoms with E-state index in [1.165, 1.54) is 7.11 Å². The Morgan fingerprint density at radius 2 is 2.19 bits per heavy atom. The highest BCUT2D eigenvalue weighted by molar-refractivity contribution is 6.32. The smallest absolute Gasteiger partial charge is 0.169 e. The topological polar surface area (TPSA) is 35.5 Å². The molecule has 0 aliphatic heterocycles. The molecule has 16 heavy (non-hydrogen) atoms. The van der Waals surface area contributed by atoms with Crippen LogP contribution in [0.3, 0.4) is 0 Å². The minimum Gasteiger partial charge on any atom is -0.485 e. The zero-order valence-corrected chi connectivity index (χ0v) is 9.95. The van der Waals surface area contributed by atoms with Gasteiger partial charge in [0.2, 0.25) is 0 Å². The molecule has 86 valence electrons. The molecule has 0 aromatic heterocycles. The molecule has 0 saturated heterocycles. The molecular weight excluding hydrogens is 228 g/mol. The number of carbonyl (C=O) groups excluding carboxylic acids is 1. The number of hydrogen-bond donors (Lipinski definition) is 0. The maximum Gasteiger partial charge on any atom is 0.169 e. The number of methoxy groups -OCH3 is 1. The summed E-state index contributed by atoms with van der Waals surface area (Å²) in [6.45, 7) is 1.96. The van der Waals surface area contributed by atoms with Gasteiger partial charge in [-0.3, -0.25) is 4.79 Å². The quantitative estimate of drug-likeness (QED) is 0.814. The second-order valence-electron chi connectivity index (χ2n) is 3.92. The lowest BCUT2D eigenvalue weighted by Crippen LogP contribution is -2.51. The van der Waals surface area contributed by atoms with Crippen LogP contribution in [-0.4, -0.2) is 25.1 Å². The van der Waals surface area contributed by atoms with E-state index in [0.29, 0.717) is 17.2 Å². The highest BCUT2D eigenvalue weighted by Gasteiger charge is 2.42. The third kappa shape index (κ3) is 2.06. The molecule has 1 aliphatic carbocycles. The highest BCUT2D eigenvalue weighted by Crippen LogP contribution is 2.31. The van der Waals surface area contributed by atoms with Crippen LogP contribution in [0.25, 0.3) is 0 Å². The van der Waals surface area contributed by atoms with Gasteiger partial charge < -0.3 is 9.47 Å². The van der Waals surface area contributed by atoms with Gasteiger partial charge in [0.1, 0.15) is 11.9 Å². The van der Waals surface area contributed by atoms with E-state index in [9.17, 15) is 4.79 Å². The molecule has 2 atom stereocenters. The van der Waals surface area contributed by atoms with Crippen molar-refractivity contribution in [2.75, 3.05) is 7.11 Å². The van der Waals surface area contributed by atoms with Crippen LogP contribution in [0.15, 0.2) is 18.2 Å². The number of hydrogen-bond acceptors (Lipinski definition) is 3. The van der Waals surface area contributed by atoms with Crippen LogP contribution in [0.2, 0.25) is 5.02 Å². The van der Waals surface area contributed by atoms with Crippen LogP contribution < -0.4 is 4.74 Å².